The molecule has 0 amide bonds. The molecule has 0 N–H and O–H groups in total. The Morgan fingerprint density at radius 1 is 1.21 bits per heavy atom. The second kappa shape index (κ2) is 5.44. The summed E-state index contributed by atoms with van der Waals surface area (Å²) in [6, 6.07) is 2.44. The smallest absolute Gasteiger partial charge is 0.455 e. The van der Waals surface area contributed by atoms with Gasteiger partial charge in [0.2, 0.25) is 0 Å². The zero-order valence-electron chi connectivity index (χ0n) is 9.79. The number of benzene rings is 1. The van der Waals surface area contributed by atoms with Gasteiger partial charge in [-0.2, -0.15) is 22.0 Å². The fraction of sp³-hybridized carbons (Fsp3) is 0.455. The van der Waals surface area contributed by atoms with Gasteiger partial charge in [-0.1, -0.05) is 15.9 Å². The number of alkyl halides is 6. The summed E-state index contributed by atoms with van der Waals surface area (Å²) in [5.74, 6) is -5.18. The molecule has 108 valence electrons. The van der Waals surface area contributed by atoms with E-state index in [0.29, 0.717) is 10.0 Å². The minimum absolute atomic E-state index is 0.121. The van der Waals surface area contributed by atoms with Crippen LogP contribution < -0.4 is 4.74 Å². The first-order chi connectivity index (χ1) is 8.52. The van der Waals surface area contributed by atoms with E-state index in [2.05, 4.69) is 15.9 Å². The van der Waals surface area contributed by atoms with Gasteiger partial charge in [-0.3, -0.25) is 0 Å². The molecule has 1 aromatic rings. The molecule has 0 bridgehead atoms. The number of hydrogen-bond donors (Lipinski definition) is 0. The van der Waals surface area contributed by atoms with Gasteiger partial charge < -0.3 is 4.74 Å². The molecular formula is C11H9BrClF5O. The molecule has 0 radical (unpaired) electrons. The summed E-state index contributed by atoms with van der Waals surface area (Å²) in [6.07, 6.45) is -5.73. The van der Waals surface area contributed by atoms with Crippen molar-refractivity contribution in [1.82, 2.24) is 0 Å². The lowest BCUT2D eigenvalue weighted by molar-refractivity contribution is -0.283. The molecule has 0 saturated carbocycles. The standard InChI is InChI=1S/C11H9BrClF5O/c1-5-3-8(19-2)6(4-7(5)12)9(13)10(14,15)11(16,17)18/h3-4,9H,1-2H3. The normalized spacial score (nSPS) is 14.4. The molecule has 1 aromatic carbocycles. The summed E-state index contributed by atoms with van der Waals surface area (Å²) in [5, 5.41) is -2.57. The molecular weight excluding hydrogens is 358 g/mol. The molecule has 1 rings (SSSR count). The summed E-state index contributed by atoms with van der Waals surface area (Å²) in [5.41, 5.74) is 0.198. The van der Waals surface area contributed by atoms with E-state index in [1.165, 1.54) is 13.2 Å². The minimum atomic E-state index is -5.73. The van der Waals surface area contributed by atoms with E-state index in [1.54, 1.807) is 6.92 Å². The number of aryl methyl sites for hydroxylation is 1. The van der Waals surface area contributed by atoms with E-state index in [-0.39, 0.29) is 5.75 Å². The molecule has 19 heavy (non-hydrogen) atoms. The average molecular weight is 368 g/mol. The van der Waals surface area contributed by atoms with Crippen LogP contribution in [0.3, 0.4) is 0 Å². The fourth-order valence-electron chi connectivity index (χ4n) is 1.38. The lowest BCUT2D eigenvalue weighted by Gasteiger charge is -2.26. The summed E-state index contributed by atoms with van der Waals surface area (Å²) >= 11 is 8.37. The molecule has 1 atom stereocenters. The van der Waals surface area contributed by atoms with E-state index in [0.717, 1.165) is 6.07 Å². The Morgan fingerprint density at radius 2 is 1.74 bits per heavy atom. The highest BCUT2D eigenvalue weighted by Crippen LogP contribution is 2.50. The van der Waals surface area contributed by atoms with Crippen LogP contribution in [0.15, 0.2) is 16.6 Å². The Kier molecular flexibility index (Phi) is 4.72. The Bertz CT molecular complexity index is 475. The number of methoxy groups -OCH3 is 1. The molecule has 1 nitrogen and oxygen atoms in total. The van der Waals surface area contributed by atoms with Crippen LogP contribution in [0.5, 0.6) is 5.75 Å². The van der Waals surface area contributed by atoms with Crippen LogP contribution in [0.2, 0.25) is 0 Å². The van der Waals surface area contributed by atoms with Crippen LogP contribution in [0, 0.1) is 6.92 Å². The van der Waals surface area contributed by atoms with Crippen molar-refractivity contribution in [1.29, 1.82) is 0 Å². The molecule has 0 aromatic heterocycles. The van der Waals surface area contributed by atoms with Gasteiger partial charge >= 0.3 is 12.1 Å². The molecule has 0 saturated heterocycles. The Hall–Kier alpha value is -0.560. The first-order valence-corrected chi connectivity index (χ1v) is 6.18. The maximum atomic E-state index is 13.2. The van der Waals surface area contributed by atoms with E-state index < -0.39 is 23.0 Å². The zero-order chi connectivity index (χ0) is 15.0. The first kappa shape index (κ1) is 16.5. The average Bonchev–Trinajstić information content (AvgIpc) is 2.29. The highest BCUT2D eigenvalue weighted by molar-refractivity contribution is 9.10. The maximum absolute atomic E-state index is 13.2. The van der Waals surface area contributed by atoms with Crippen molar-refractivity contribution in [3.63, 3.8) is 0 Å². The number of rotatable bonds is 3. The predicted octanol–water partition coefficient (Wildman–Crippen LogP) is 5.24. The third-order valence-electron chi connectivity index (χ3n) is 2.48. The van der Waals surface area contributed by atoms with Crippen molar-refractivity contribution in [2.75, 3.05) is 7.11 Å². The van der Waals surface area contributed by atoms with Gasteiger partial charge in [-0.15, -0.1) is 11.6 Å². The van der Waals surface area contributed by atoms with Crippen LogP contribution in [0.25, 0.3) is 0 Å². The van der Waals surface area contributed by atoms with Crippen molar-refractivity contribution >= 4 is 27.5 Å². The van der Waals surface area contributed by atoms with Gasteiger partial charge in [0.15, 0.2) is 0 Å². The van der Waals surface area contributed by atoms with Crippen molar-refractivity contribution in [2.24, 2.45) is 0 Å². The third-order valence-corrected chi connectivity index (χ3v) is 3.84. The van der Waals surface area contributed by atoms with Crippen molar-refractivity contribution in [3.05, 3.63) is 27.7 Å². The Balaban J connectivity index is 3.34. The second-order valence-electron chi connectivity index (χ2n) is 3.83. The Labute approximate surface area is 119 Å². The van der Waals surface area contributed by atoms with Gasteiger partial charge in [-0.25, -0.2) is 0 Å². The van der Waals surface area contributed by atoms with Gasteiger partial charge in [-0.05, 0) is 24.6 Å². The lowest BCUT2D eigenvalue weighted by Crippen LogP contribution is -2.40. The monoisotopic (exact) mass is 366 g/mol. The second-order valence-corrected chi connectivity index (χ2v) is 5.12. The quantitative estimate of drug-likeness (QED) is 0.524. The molecule has 0 aliphatic heterocycles. The summed E-state index contributed by atoms with van der Waals surface area (Å²) in [6.45, 7) is 1.64. The fourth-order valence-corrected chi connectivity index (χ4v) is 2.04. The van der Waals surface area contributed by atoms with Crippen molar-refractivity contribution < 1.29 is 26.7 Å². The third kappa shape index (κ3) is 3.13. The van der Waals surface area contributed by atoms with E-state index in [9.17, 15) is 22.0 Å². The highest BCUT2D eigenvalue weighted by Gasteiger charge is 2.62. The number of halogens is 7. The van der Waals surface area contributed by atoms with Crippen LogP contribution >= 0.6 is 27.5 Å². The van der Waals surface area contributed by atoms with Gasteiger partial charge in [0.1, 0.15) is 11.1 Å². The minimum Gasteiger partial charge on any atom is -0.496 e. The van der Waals surface area contributed by atoms with Crippen molar-refractivity contribution in [3.8, 4) is 5.75 Å². The highest BCUT2D eigenvalue weighted by atomic mass is 79.9. The molecule has 8 heteroatoms. The van der Waals surface area contributed by atoms with Crippen LogP contribution in [-0.2, 0) is 0 Å². The van der Waals surface area contributed by atoms with E-state index in [4.69, 9.17) is 16.3 Å². The molecule has 0 spiro atoms. The van der Waals surface area contributed by atoms with Crippen LogP contribution in [-0.4, -0.2) is 19.2 Å². The van der Waals surface area contributed by atoms with Gasteiger partial charge in [0.25, 0.3) is 0 Å². The summed E-state index contributed by atoms with van der Waals surface area (Å²) < 4.78 is 68.5. The van der Waals surface area contributed by atoms with Crippen LogP contribution in [0.1, 0.15) is 16.5 Å². The van der Waals surface area contributed by atoms with Crippen molar-refractivity contribution in [2.45, 2.75) is 24.4 Å². The number of hydrogen-bond acceptors (Lipinski definition) is 1. The lowest BCUT2D eigenvalue weighted by atomic mass is 10.0. The Morgan fingerprint density at radius 3 is 2.16 bits per heavy atom. The molecule has 0 fully saturated rings. The first-order valence-electron chi connectivity index (χ1n) is 4.95. The van der Waals surface area contributed by atoms with Gasteiger partial charge in [0.05, 0.1) is 7.11 Å². The summed E-state index contributed by atoms with van der Waals surface area (Å²) in [7, 11) is 1.17. The molecule has 0 aliphatic rings. The predicted molar refractivity (Wildman–Crippen MR) is 65.0 cm³/mol. The van der Waals surface area contributed by atoms with Crippen LogP contribution in [0.4, 0.5) is 22.0 Å². The molecule has 0 heterocycles. The van der Waals surface area contributed by atoms with E-state index in [1.807, 2.05) is 0 Å². The number of ether oxygens (including phenoxy) is 1. The van der Waals surface area contributed by atoms with E-state index >= 15 is 0 Å². The summed E-state index contributed by atoms with van der Waals surface area (Å²) in [4.78, 5) is 0. The SMILES string of the molecule is COc1cc(C)c(Br)cc1C(Cl)C(F)(F)C(F)(F)F. The molecule has 0 aliphatic carbocycles. The van der Waals surface area contributed by atoms with Gasteiger partial charge in [0, 0.05) is 10.0 Å². The maximum Gasteiger partial charge on any atom is 0.455 e. The largest absolute Gasteiger partial charge is 0.496 e. The molecule has 1 unspecified atom stereocenters. The zero-order valence-corrected chi connectivity index (χ0v) is 12.1. The topological polar surface area (TPSA) is 9.23 Å².